The summed E-state index contributed by atoms with van der Waals surface area (Å²) in [4.78, 5) is 0. The summed E-state index contributed by atoms with van der Waals surface area (Å²) in [7, 11) is 1.91. The molecular weight excluding hydrogens is 352 g/mol. The number of aromatic nitrogens is 2. The molecule has 2 nitrogen and oxygen atoms in total. The van der Waals surface area contributed by atoms with E-state index in [4.69, 9.17) is 24.4 Å². The number of fused-ring (bicyclic) bond motifs is 1. The van der Waals surface area contributed by atoms with Gasteiger partial charge in [0.2, 0.25) is 0 Å². The molecule has 0 N–H and O–H groups in total. The van der Waals surface area contributed by atoms with Crippen molar-refractivity contribution in [2.45, 2.75) is 0 Å². The van der Waals surface area contributed by atoms with Crippen LogP contribution in [0.25, 0.3) is 16.6 Å². The lowest BCUT2D eigenvalue weighted by atomic mass is 10.2. The molecule has 0 unspecified atom stereocenters. The van der Waals surface area contributed by atoms with Crippen LogP contribution < -0.4 is 0 Å². The molecule has 1 aromatic heterocycles. The van der Waals surface area contributed by atoms with Gasteiger partial charge in [0.05, 0.1) is 5.52 Å². The van der Waals surface area contributed by atoms with Gasteiger partial charge in [0.1, 0.15) is 4.64 Å². The maximum atomic E-state index is 5.57. The molecule has 0 radical (unpaired) electrons. The van der Waals surface area contributed by atoms with E-state index in [9.17, 15) is 0 Å². The minimum absolute atomic E-state index is 0.691. The molecule has 100 valence electrons. The van der Waals surface area contributed by atoms with Crippen molar-refractivity contribution >= 4 is 51.3 Å². The second-order valence-corrected chi connectivity index (χ2v) is 6.14. The minimum atomic E-state index is 0.691. The van der Waals surface area contributed by atoms with Gasteiger partial charge in [-0.05, 0) is 48.6 Å². The molecule has 0 aliphatic carbocycles. The van der Waals surface area contributed by atoms with Crippen LogP contribution >= 0.6 is 40.4 Å². The normalized spacial score (nSPS) is 10.9. The van der Waals surface area contributed by atoms with Crippen LogP contribution in [0.3, 0.4) is 0 Å². The van der Waals surface area contributed by atoms with Gasteiger partial charge >= 0.3 is 0 Å². The van der Waals surface area contributed by atoms with Crippen LogP contribution in [0.1, 0.15) is 0 Å². The highest BCUT2D eigenvalue weighted by Crippen LogP contribution is 2.22. The predicted molar refractivity (Wildman–Crippen MR) is 91.6 cm³/mol. The second-order valence-electron chi connectivity index (χ2n) is 4.48. The van der Waals surface area contributed by atoms with E-state index in [0.29, 0.717) is 4.77 Å². The number of para-hydroxylation sites is 1. The predicted octanol–water partition coefficient (Wildman–Crippen LogP) is 5.19. The first-order valence-corrected chi connectivity index (χ1v) is 7.67. The molecule has 0 saturated carbocycles. The van der Waals surface area contributed by atoms with E-state index in [1.54, 1.807) is 0 Å². The molecule has 3 rings (SSSR count). The molecule has 0 aliphatic heterocycles. The summed E-state index contributed by atoms with van der Waals surface area (Å²) >= 11 is 14.5. The van der Waals surface area contributed by atoms with Crippen molar-refractivity contribution in [3.63, 3.8) is 0 Å². The molecular formula is C15H11BrN2S2. The van der Waals surface area contributed by atoms with Crippen molar-refractivity contribution in [2.24, 2.45) is 7.05 Å². The summed E-state index contributed by atoms with van der Waals surface area (Å²) in [6, 6.07) is 16.2. The molecule has 0 amide bonds. The highest BCUT2D eigenvalue weighted by atomic mass is 79.9. The summed E-state index contributed by atoms with van der Waals surface area (Å²) in [5.41, 5.74) is 2.06. The summed E-state index contributed by atoms with van der Waals surface area (Å²) in [6.07, 6.45) is 0. The number of nitrogens with zero attached hydrogens (tertiary/aromatic N) is 2. The van der Waals surface area contributed by atoms with Gasteiger partial charge in [-0.1, -0.05) is 40.3 Å². The highest BCUT2D eigenvalue weighted by molar-refractivity contribution is 9.10. The van der Waals surface area contributed by atoms with E-state index in [1.807, 2.05) is 64.7 Å². The molecule has 0 saturated heterocycles. The van der Waals surface area contributed by atoms with E-state index in [1.165, 1.54) is 0 Å². The van der Waals surface area contributed by atoms with Crippen molar-refractivity contribution in [1.29, 1.82) is 0 Å². The average molecular weight is 363 g/mol. The maximum absolute atomic E-state index is 5.57. The summed E-state index contributed by atoms with van der Waals surface area (Å²) in [6.45, 7) is 0. The Hall–Kier alpha value is -1.30. The first-order chi connectivity index (χ1) is 9.59. The van der Waals surface area contributed by atoms with Crippen LogP contribution in [-0.4, -0.2) is 9.13 Å². The third kappa shape index (κ3) is 2.16. The quantitative estimate of drug-likeness (QED) is 0.551. The third-order valence-corrected chi connectivity index (χ3v) is 4.72. The van der Waals surface area contributed by atoms with Gasteiger partial charge in [-0.3, -0.25) is 4.57 Å². The zero-order valence-corrected chi connectivity index (χ0v) is 13.9. The minimum Gasteiger partial charge on any atom is -0.312 e. The molecule has 5 heteroatoms. The van der Waals surface area contributed by atoms with E-state index in [-0.39, 0.29) is 0 Å². The van der Waals surface area contributed by atoms with E-state index in [0.717, 1.165) is 25.7 Å². The standard InChI is InChI=1S/C15H11BrN2S2/c1-17-14(19)12-4-2-3-5-13(12)18(15(17)20)11-8-6-10(16)7-9-11/h2-9H,1H3. The molecule has 2 aromatic carbocycles. The lowest BCUT2D eigenvalue weighted by Gasteiger charge is -2.15. The lowest BCUT2D eigenvalue weighted by molar-refractivity contribution is 0.804. The van der Waals surface area contributed by atoms with Gasteiger partial charge in [-0.2, -0.15) is 0 Å². The Morgan fingerprint density at radius 3 is 2.30 bits per heavy atom. The zero-order chi connectivity index (χ0) is 14.3. The van der Waals surface area contributed by atoms with Crippen LogP contribution in [0.4, 0.5) is 0 Å². The Kier molecular flexibility index (Phi) is 3.58. The number of rotatable bonds is 1. The van der Waals surface area contributed by atoms with E-state index >= 15 is 0 Å². The summed E-state index contributed by atoms with van der Waals surface area (Å²) in [5.74, 6) is 0. The Labute approximate surface area is 135 Å². The van der Waals surface area contributed by atoms with E-state index < -0.39 is 0 Å². The molecule has 0 fully saturated rings. The average Bonchev–Trinajstić information content (AvgIpc) is 2.47. The number of hydrogen-bond acceptors (Lipinski definition) is 2. The van der Waals surface area contributed by atoms with Crippen LogP contribution in [0.5, 0.6) is 0 Å². The summed E-state index contributed by atoms with van der Waals surface area (Å²) in [5, 5.41) is 1.03. The van der Waals surface area contributed by atoms with Crippen molar-refractivity contribution < 1.29 is 0 Å². The van der Waals surface area contributed by atoms with E-state index in [2.05, 4.69) is 15.9 Å². The van der Waals surface area contributed by atoms with Gasteiger partial charge in [0.25, 0.3) is 0 Å². The molecule has 3 aromatic rings. The fourth-order valence-corrected chi connectivity index (χ4v) is 3.09. The lowest BCUT2D eigenvalue weighted by Crippen LogP contribution is -2.08. The van der Waals surface area contributed by atoms with Crippen molar-refractivity contribution in [2.75, 3.05) is 0 Å². The molecule has 0 atom stereocenters. The fourth-order valence-electron chi connectivity index (χ4n) is 2.21. The monoisotopic (exact) mass is 362 g/mol. The zero-order valence-electron chi connectivity index (χ0n) is 10.7. The Morgan fingerprint density at radius 2 is 1.60 bits per heavy atom. The molecule has 20 heavy (non-hydrogen) atoms. The summed E-state index contributed by atoms with van der Waals surface area (Å²) < 4.78 is 6.42. The Bertz CT molecular complexity index is 908. The first-order valence-electron chi connectivity index (χ1n) is 6.06. The van der Waals surface area contributed by atoms with Crippen LogP contribution in [0.2, 0.25) is 0 Å². The Morgan fingerprint density at radius 1 is 0.950 bits per heavy atom. The van der Waals surface area contributed by atoms with Gasteiger partial charge in [-0.25, -0.2) is 0 Å². The second kappa shape index (κ2) is 5.24. The molecule has 0 aliphatic rings. The van der Waals surface area contributed by atoms with Crippen LogP contribution in [0, 0.1) is 9.41 Å². The molecule has 1 heterocycles. The highest BCUT2D eigenvalue weighted by Gasteiger charge is 2.07. The topological polar surface area (TPSA) is 9.86 Å². The van der Waals surface area contributed by atoms with Crippen molar-refractivity contribution in [1.82, 2.24) is 9.13 Å². The Balaban J connectivity index is 2.50. The smallest absolute Gasteiger partial charge is 0.185 e. The van der Waals surface area contributed by atoms with Crippen LogP contribution in [0.15, 0.2) is 53.0 Å². The maximum Gasteiger partial charge on any atom is 0.185 e. The van der Waals surface area contributed by atoms with Crippen molar-refractivity contribution in [3.8, 4) is 5.69 Å². The third-order valence-electron chi connectivity index (χ3n) is 3.24. The van der Waals surface area contributed by atoms with Gasteiger partial charge in [-0.15, -0.1) is 0 Å². The van der Waals surface area contributed by atoms with Crippen molar-refractivity contribution in [3.05, 3.63) is 62.4 Å². The largest absolute Gasteiger partial charge is 0.312 e. The van der Waals surface area contributed by atoms with Gasteiger partial charge in [0, 0.05) is 22.6 Å². The SMILES string of the molecule is Cn1c(=S)c2ccccc2n(-c2ccc(Br)cc2)c1=S. The van der Waals surface area contributed by atoms with Crippen LogP contribution in [-0.2, 0) is 7.05 Å². The van der Waals surface area contributed by atoms with Gasteiger partial charge < -0.3 is 4.57 Å². The molecule has 0 bridgehead atoms. The molecule has 0 spiro atoms. The number of halogens is 1. The number of hydrogen-bond donors (Lipinski definition) is 0. The first kappa shape index (κ1) is 13.7. The fraction of sp³-hybridized carbons (Fsp3) is 0.0667. The number of benzene rings is 2. The van der Waals surface area contributed by atoms with Gasteiger partial charge in [0.15, 0.2) is 4.77 Å².